The summed E-state index contributed by atoms with van der Waals surface area (Å²) in [5.74, 6) is 0.570. The molecule has 2 rings (SSSR count). The van der Waals surface area contributed by atoms with E-state index in [2.05, 4.69) is 19.1 Å². The molecule has 2 heteroatoms. The molecule has 2 N–H and O–H groups in total. The third kappa shape index (κ3) is 2.26. The number of nitrogens with two attached hydrogens (primary N) is 1. The van der Waals surface area contributed by atoms with Gasteiger partial charge in [-0.05, 0) is 37.0 Å². The van der Waals surface area contributed by atoms with Crippen LogP contribution >= 0.6 is 0 Å². The minimum absolute atomic E-state index is 0.361. The average Bonchev–Trinajstić information content (AvgIpc) is 2.97. The lowest BCUT2D eigenvalue weighted by Gasteiger charge is -1.99. The van der Waals surface area contributed by atoms with Crippen molar-refractivity contribution in [2.75, 3.05) is 0 Å². The van der Waals surface area contributed by atoms with Gasteiger partial charge in [-0.15, -0.1) is 0 Å². The molecule has 1 aliphatic carbocycles. The highest BCUT2D eigenvalue weighted by Crippen LogP contribution is 2.35. The van der Waals surface area contributed by atoms with Gasteiger partial charge in [0.2, 0.25) is 0 Å². The predicted octanol–water partition coefficient (Wildman–Crippen LogP) is 2.31. The van der Waals surface area contributed by atoms with Crippen LogP contribution in [0, 0.1) is 17.2 Å². The van der Waals surface area contributed by atoms with Crippen LogP contribution in [0.5, 0.6) is 0 Å². The lowest BCUT2D eigenvalue weighted by molar-refractivity contribution is 0.924. The molecule has 1 aromatic rings. The normalized spacial score (nSPS) is 24.7. The first-order chi connectivity index (χ1) is 7.20. The van der Waals surface area contributed by atoms with Crippen molar-refractivity contribution in [3.8, 4) is 6.07 Å². The van der Waals surface area contributed by atoms with Crippen LogP contribution in [-0.2, 0) is 0 Å². The average molecular weight is 198 g/mol. The largest absolute Gasteiger partial charge is 0.327 e. The Kier molecular flexibility index (Phi) is 2.57. The van der Waals surface area contributed by atoms with E-state index < -0.39 is 0 Å². The summed E-state index contributed by atoms with van der Waals surface area (Å²) in [4.78, 5) is 0. The smallest absolute Gasteiger partial charge is 0.0991 e. The first-order valence-electron chi connectivity index (χ1n) is 5.14. The Morgan fingerprint density at radius 2 is 2.07 bits per heavy atom. The summed E-state index contributed by atoms with van der Waals surface area (Å²) in [5, 5.41) is 8.66. The molecule has 0 bridgehead atoms. The number of hydrogen-bond donors (Lipinski definition) is 1. The van der Waals surface area contributed by atoms with Gasteiger partial charge in [0.25, 0.3) is 0 Å². The molecule has 2 atom stereocenters. The van der Waals surface area contributed by atoms with Crippen LogP contribution in [0.1, 0.15) is 24.5 Å². The second-order valence-electron chi connectivity index (χ2n) is 4.13. The van der Waals surface area contributed by atoms with Gasteiger partial charge in [0.1, 0.15) is 0 Å². The molecule has 2 unspecified atom stereocenters. The zero-order valence-corrected chi connectivity index (χ0v) is 8.77. The van der Waals surface area contributed by atoms with Crippen molar-refractivity contribution >= 4 is 6.08 Å². The Morgan fingerprint density at radius 3 is 2.53 bits per heavy atom. The van der Waals surface area contributed by atoms with Crippen molar-refractivity contribution < 1.29 is 0 Å². The molecule has 0 amide bonds. The fourth-order valence-electron chi connectivity index (χ4n) is 1.76. The summed E-state index contributed by atoms with van der Waals surface area (Å²) < 4.78 is 0. The minimum atomic E-state index is 0.361. The van der Waals surface area contributed by atoms with Gasteiger partial charge < -0.3 is 5.73 Å². The van der Waals surface area contributed by atoms with Gasteiger partial charge in [-0.3, -0.25) is 0 Å². The van der Waals surface area contributed by atoms with Crippen LogP contribution < -0.4 is 5.73 Å². The van der Waals surface area contributed by atoms with Crippen LogP contribution in [0.15, 0.2) is 29.8 Å². The number of benzene rings is 1. The molecule has 0 radical (unpaired) electrons. The monoisotopic (exact) mass is 198 g/mol. The second kappa shape index (κ2) is 3.88. The zero-order valence-electron chi connectivity index (χ0n) is 8.77. The van der Waals surface area contributed by atoms with E-state index in [-0.39, 0.29) is 0 Å². The molecule has 0 spiro atoms. The minimum Gasteiger partial charge on any atom is -0.327 e. The van der Waals surface area contributed by atoms with E-state index in [4.69, 9.17) is 11.0 Å². The van der Waals surface area contributed by atoms with Gasteiger partial charge in [-0.2, -0.15) is 5.26 Å². The summed E-state index contributed by atoms with van der Waals surface area (Å²) >= 11 is 0. The molecule has 1 fully saturated rings. The van der Waals surface area contributed by atoms with Crippen molar-refractivity contribution in [3.63, 3.8) is 0 Å². The highest BCUT2D eigenvalue weighted by Gasteiger charge is 2.34. The van der Waals surface area contributed by atoms with Gasteiger partial charge in [0, 0.05) is 6.04 Å². The molecule has 1 saturated carbocycles. The maximum atomic E-state index is 8.66. The quantitative estimate of drug-likeness (QED) is 0.792. The van der Waals surface area contributed by atoms with Crippen LogP contribution in [0.3, 0.4) is 0 Å². The Balaban J connectivity index is 2.14. The molecular formula is C13H14N2. The van der Waals surface area contributed by atoms with Gasteiger partial charge >= 0.3 is 0 Å². The molecule has 0 saturated heterocycles. The van der Waals surface area contributed by atoms with Crippen molar-refractivity contribution in [2.24, 2.45) is 11.7 Å². The Bertz CT molecular complexity index is 423. The highest BCUT2D eigenvalue weighted by atomic mass is 14.7. The third-order valence-electron chi connectivity index (χ3n) is 2.86. The maximum Gasteiger partial charge on any atom is 0.0991 e. The number of hydrogen-bond acceptors (Lipinski definition) is 2. The molecular weight excluding hydrogens is 184 g/mol. The van der Waals surface area contributed by atoms with E-state index >= 15 is 0 Å². The fourth-order valence-corrected chi connectivity index (χ4v) is 1.76. The Hall–Kier alpha value is -1.59. The van der Waals surface area contributed by atoms with E-state index in [9.17, 15) is 0 Å². The van der Waals surface area contributed by atoms with Crippen molar-refractivity contribution in [1.29, 1.82) is 5.26 Å². The first kappa shape index (κ1) is 9.95. The molecule has 15 heavy (non-hydrogen) atoms. The Labute approximate surface area is 90.0 Å². The Morgan fingerprint density at radius 1 is 1.47 bits per heavy atom. The van der Waals surface area contributed by atoms with Gasteiger partial charge in [0.05, 0.1) is 11.6 Å². The van der Waals surface area contributed by atoms with E-state index in [1.54, 1.807) is 0 Å². The number of rotatable bonds is 2. The van der Waals surface area contributed by atoms with Crippen molar-refractivity contribution in [3.05, 3.63) is 41.0 Å². The molecule has 1 aromatic carbocycles. The highest BCUT2D eigenvalue weighted by molar-refractivity contribution is 5.55. The number of nitrogens with zero attached hydrogens (tertiary/aromatic N) is 1. The van der Waals surface area contributed by atoms with E-state index in [0.717, 1.165) is 12.0 Å². The van der Waals surface area contributed by atoms with E-state index in [0.29, 0.717) is 17.5 Å². The summed E-state index contributed by atoms with van der Waals surface area (Å²) in [7, 11) is 0. The summed E-state index contributed by atoms with van der Waals surface area (Å²) in [6.45, 7) is 2.12. The standard InChI is InChI=1S/C13H14N2/c1-9(12-7-13(12)15)6-10-2-4-11(8-14)5-3-10/h2-6,12-13H,7,15H2,1H3/b9-6+. The van der Waals surface area contributed by atoms with Crippen LogP contribution in [-0.4, -0.2) is 6.04 Å². The van der Waals surface area contributed by atoms with Crippen LogP contribution in [0.2, 0.25) is 0 Å². The second-order valence-corrected chi connectivity index (χ2v) is 4.13. The number of nitriles is 1. The molecule has 76 valence electrons. The maximum absolute atomic E-state index is 8.66. The summed E-state index contributed by atoms with van der Waals surface area (Å²) in [6, 6.07) is 10.1. The predicted molar refractivity (Wildman–Crippen MR) is 60.9 cm³/mol. The zero-order chi connectivity index (χ0) is 10.8. The van der Waals surface area contributed by atoms with E-state index in [1.807, 2.05) is 24.3 Å². The van der Waals surface area contributed by atoms with Crippen LogP contribution in [0.4, 0.5) is 0 Å². The molecule has 0 heterocycles. The molecule has 0 aromatic heterocycles. The fraction of sp³-hybridized carbons (Fsp3) is 0.308. The molecule has 0 aliphatic heterocycles. The van der Waals surface area contributed by atoms with Crippen molar-refractivity contribution in [1.82, 2.24) is 0 Å². The summed E-state index contributed by atoms with van der Waals surface area (Å²) in [5.41, 5.74) is 8.97. The van der Waals surface area contributed by atoms with Crippen molar-refractivity contribution in [2.45, 2.75) is 19.4 Å². The topological polar surface area (TPSA) is 49.8 Å². The lowest BCUT2D eigenvalue weighted by atomic mass is 10.1. The molecule has 2 nitrogen and oxygen atoms in total. The van der Waals surface area contributed by atoms with Gasteiger partial charge in [-0.1, -0.05) is 23.8 Å². The van der Waals surface area contributed by atoms with Gasteiger partial charge in [-0.25, -0.2) is 0 Å². The molecule has 1 aliphatic rings. The van der Waals surface area contributed by atoms with Gasteiger partial charge in [0.15, 0.2) is 0 Å². The third-order valence-corrected chi connectivity index (χ3v) is 2.86. The lowest BCUT2D eigenvalue weighted by Crippen LogP contribution is -2.02. The summed E-state index contributed by atoms with van der Waals surface area (Å²) in [6.07, 6.45) is 3.26. The SMILES string of the molecule is C/C(=C\c1ccc(C#N)cc1)C1CC1N. The van der Waals surface area contributed by atoms with E-state index in [1.165, 1.54) is 5.57 Å². The van der Waals surface area contributed by atoms with Crippen LogP contribution in [0.25, 0.3) is 6.08 Å². The first-order valence-corrected chi connectivity index (χ1v) is 5.14.